The first-order valence-electron chi connectivity index (χ1n) is 8.99. The first kappa shape index (κ1) is 19.6. The molecule has 1 aromatic heterocycles. The smallest absolute Gasteiger partial charge is 0.255 e. The first-order chi connectivity index (χ1) is 13.5. The molecule has 0 unspecified atom stereocenters. The number of hydrogen-bond donors (Lipinski definition) is 2. The van der Waals surface area contributed by atoms with Gasteiger partial charge in [-0.15, -0.1) is 0 Å². The van der Waals surface area contributed by atoms with Crippen molar-refractivity contribution in [2.45, 2.75) is 19.9 Å². The van der Waals surface area contributed by atoms with Crippen molar-refractivity contribution < 1.29 is 9.59 Å². The summed E-state index contributed by atoms with van der Waals surface area (Å²) in [6.45, 7) is 3.97. The Morgan fingerprint density at radius 1 is 1.11 bits per heavy atom. The Kier molecular flexibility index (Phi) is 6.11. The Morgan fingerprint density at radius 2 is 1.79 bits per heavy atom. The highest BCUT2D eigenvalue weighted by Crippen LogP contribution is 2.25. The van der Waals surface area contributed by atoms with Crippen molar-refractivity contribution in [2.24, 2.45) is 0 Å². The molecule has 1 heterocycles. The van der Waals surface area contributed by atoms with Crippen LogP contribution in [0.15, 0.2) is 60.8 Å². The summed E-state index contributed by atoms with van der Waals surface area (Å²) in [5.74, 6) is -0.606. The van der Waals surface area contributed by atoms with E-state index in [1.807, 2.05) is 49.4 Å². The SMILES string of the molecule is CCNC(=O)[C@H](C)NC(=O)c1cn(-c2ccccc2)nc1-c1ccc(Cl)cc1. The third kappa shape index (κ3) is 4.40. The predicted molar refractivity (Wildman–Crippen MR) is 110 cm³/mol. The molecule has 144 valence electrons. The quantitative estimate of drug-likeness (QED) is 0.670. The number of likely N-dealkylation sites (N-methyl/N-ethyl adjacent to an activating group) is 1. The van der Waals surface area contributed by atoms with Gasteiger partial charge >= 0.3 is 0 Å². The van der Waals surface area contributed by atoms with Gasteiger partial charge in [0.1, 0.15) is 11.7 Å². The highest BCUT2D eigenvalue weighted by molar-refractivity contribution is 6.30. The van der Waals surface area contributed by atoms with Gasteiger partial charge in [-0.05, 0) is 38.1 Å². The van der Waals surface area contributed by atoms with Gasteiger partial charge in [0.05, 0.1) is 11.3 Å². The van der Waals surface area contributed by atoms with Crippen LogP contribution in [-0.4, -0.2) is 34.2 Å². The molecule has 0 fully saturated rings. The number of carbonyl (C=O) groups is 2. The number of nitrogens with zero attached hydrogens (tertiary/aromatic N) is 2. The summed E-state index contributed by atoms with van der Waals surface area (Å²) in [6.07, 6.45) is 1.67. The van der Waals surface area contributed by atoms with Crippen molar-refractivity contribution in [1.29, 1.82) is 0 Å². The van der Waals surface area contributed by atoms with E-state index in [4.69, 9.17) is 11.6 Å². The molecule has 0 aliphatic rings. The Hall–Kier alpha value is -3.12. The van der Waals surface area contributed by atoms with Crippen LogP contribution in [0.1, 0.15) is 24.2 Å². The number of nitrogens with one attached hydrogen (secondary N) is 2. The van der Waals surface area contributed by atoms with Gasteiger partial charge in [0.25, 0.3) is 5.91 Å². The van der Waals surface area contributed by atoms with Gasteiger partial charge in [-0.25, -0.2) is 4.68 Å². The van der Waals surface area contributed by atoms with Crippen molar-refractivity contribution in [3.05, 3.63) is 71.4 Å². The summed E-state index contributed by atoms with van der Waals surface area (Å²) in [7, 11) is 0. The number of benzene rings is 2. The van der Waals surface area contributed by atoms with Crippen LogP contribution in [0, 0.1) is 0 Å². The van der Waals surface area contributed by atoms with Crippen LogP contribution in [0.25, 0.3) is 16.9 Å². The molecule has 0 spiro atoms. The molecule has 1 atom stereocenters. The third-order valence-corrected chi connectivity index (χ3v) is 4.44. The van der Waals surface area contributed by atoms with Crippen LogP contribution in [0.5, 0.6) is 0 Å². The van der Waals surface area contributed by atoms with Crippen LogP contribution in [0.2, 0.25) is 5.02 Å². The molecule has 6 nitrogen and oxygen atoms in total. The second-order valence-corrected chi connectivity index (χ2v) is 6.70. The third-order valence-electron chi connectivity index (χ3n) is 4.19. The minimum atomic E-state index is -0.661. The summed E-state index contributed by atoms with van der Waals surface area (Å²) in [5.41, 5.74) is 2.48. The number of para-hydroxylation sites is 1. The molecule has 3 aromatic rings. The average Bonchev–Trinajstić information content (AvgIpc) is 3.15. The highest BCUT2D eigenvalue weighted by atomic mass is 35.5. The lowest BCUT2D eigenvalue weighted by Gasteiger charge is -2.13. The van der Waals surface area contributed by atoms with Gasteiger partial charge in [-0.3, -0.25) is 9.59 Å². The predicted octanol–water partition coefficient (Wildman–Crippen LogP) is 3.45. The topological polar surface area (TPSA) is 76.0 Å². The van der Waals surface area contributed by atoms with Crippen LogP contribution < -0.4 is 10.6 Å². The van der Waals surface area contributed by atoms with Gasteiger partial charge in [-0.2, -0.15) is 5.10 Å². The molecule has 0 aliphatic heterocycles. The lowest BCUT2D eigenvalue weighted by Crippen LogP contribution is -2.44. The lowest BCUT2D eigenvalue weighted by molar-refractivity contribution is -0.122. The standard InChI is InChI=1S/C21H21ClN4O2/c1-3-23-20(27)14(2)24-21(28)18-13-26(17-7-5-4-6-8-17)25-19(18)15-9-11-16(22)12-10-15/h4-14H,3H2,1-2H3,(H,23,27)(H,24,28)/t14-/m0/s1. The maximum absolute atomic E-state index is 12.9. The lowest BCUT2D eigenvalue weighted by atomic mass is 10.1. The molecular weight excluding hydrogens is 376 g/mol. The zero-order chi connectivity index (χ0) is 20.1. The van der Waals surface area contributed by atoms with E-state index < -0.39 is 6.04 Å². The zero-order valence-corrected chi connectivity index (χ0v) is 16.4. The van der Waals surface area contributed by atoms with E-state index >= 15 is 0 Å². The minimum Gasteiger partial charge on any atom is -0.355 e. The number of halogens is 1. The van der Waals surface area contributed by atoms with Crippen molar-refractivity contribution in [2.75, 3.05) is 6.54 Å². The molecule has 2 N–H and O–H groups in total. The first-order valence-corrected chi connectivity index (χ1v) is 9.37. The molecule has 0 aliphatic carbocycles. The molecule has 7 heteroatoms. The molecule has 3 rings (SSSR count). The molecule has 2 aromatic carbocycles. The van der Waals surface area contributed by atoms with E-state index in [-0.39, 0.29) is 11.8 Å². The number of amides is 2. The van der Waals surface area contributed by atoms with Gasteiger partial charge in [0.15, 0.2) is 0 Å². The van der Waals surface area contributed by atoms with E-state index in [9.17, 15) is 9.59 Å². The Labute approximate surface area is 168 Å². The van der Waals surface area contributed by atoms with E-state index in [0.717, 1.165) is 11.3 Å². The Balaban J connectivity index is 1.98. The molecule has 0 saturated heterocycles. The number of hydrogen-bond acceptors (Lipinski definition) is 3. The van der Waals surface area contributed by atoms with Crippen molar-refractivity contribution in [1.82, 2.24) is 20.4 Å². The van der Waals surface area contributed by atoms with Crippen LogP contribution >= 0.6 is 11.6 Å². The molecular formula is C21H21ClN4O2. The van der Waals surface area contributed by atoms with E-state index in [2.05, 4.69) is 15.7 Å². The van der Waals surface area contributed by atoms with E-state index in [1.165, 1.54) is 0 Å². The van der Waals surface area contributed by atoms with Crippen molar-refractivity contribution in [3.8, 4) is 16.9 Å². The van der Waals surface area contributed by atoms with Crippen LogP contribution in [0.4, 0.5) is 0 Å². The van der Waals surface area contributed by atoms with Crippen molar-refractivity contribution in [3.63, 3.8) is 0 Å². The molecule has 0 radical (unpaired) electrons. The molecule has 2 amide bonds. The highest BCUT2D eigenvalue weighted by Gasteiger charge is 2.22. The normalized spacial score (nSPS) is 11.7. The van der Waals surface area contributed by atoms with E-state index in [1.54, 1.807) is 29.9 Å². The largest absolute Gasteiger partial charge is 0.355 e. The van der Waals surface area contributed by atoms with Gasteiger partial charge in [-0.1, -0.05) is 41.9 Å². The summed E-state index contributed by atoms with van der Waals surface area (Å²) >= 11 is 5.99. The molecule has 0 bridgehead atoms. The second kappa shape index (κ2) is 8.71. The minimum absolute atomic E-state index is 0.237. The zero-order valence-electron chi connectivity index (χ0n) is 15.6. The number of aromatic nitrogens is 2. The fourth-order valence-electron chi connectivity index (χ4n) is 2.74. The second-order valence-electron chi connectivity index (χ2n) is 6.27. The number of carbonyl (C=O) groups excluding carboxylic acids is 2. The van der Waals surface area contributed by atoms with Gasteiger partial charge in [0.2, 0.25) is 5.91 Å². The summed E-state index contributed by atoms with van der Waals surface area (Å²) in [5, 5.41) is 10.6. The van der Waals surface area contributed by atoms with Gasteiger partial charge < -0.3 is 10.6 Å². The summed E-state index contributed by atoms with van der Waals surface area (Å²) in [6, 6.07) is 16.0. The van der Waals surface area contributed by atoms with Gasteiger partial charge in [0, 0.05) is 23.3 Å². The fourth-order valence-corrected chi connectivity index (χ4v) is 2.87. The number of rotatable bonds is 6. The summed E-state index contributed by atoms with van der Waals surface area (Å²) in [4.78, 5) is 24.9. The molecule has 28 heavy (non-hydrogen) atoms. The Morgan fingerprint density at radius 3 is 2.43 bits per heavy atom. The Bertz CT molecular complexity index is 968. The maximum atomic E-state index is 12.9. The molecule has 0 saturated carbocycles. The fraction of sp³-hybridized carbons (Fsp3) is 0.190. The maximum Gasteiger partial charge on any atom is 0.255 e. The van der Waals surface area contributed by atoms with Crippen molar-refractivity contribution >= 4 is 23.4 Å². The van der Waals surface area contributed by atoms with Crippen LogP contribution in [0.3, 0.4) is 0 Å². The van der Waals surface area contributed by atoms with E-state index in [0.29, 0.717) is 22.8 Å². The summed E-state index contributed by atoms with van der Waals surface area (Å²) < 4.78 is 1.65. The monoisotopic (exact) mass is 396 g/mol. The van der Waals surface area contributed by atoms with Crippen LogP contribution in [-0.2, 0) is 4.79 Å². The average molecular weight is 397 g/mol.